The van der Waals surface area contributed by atoms with Gasteiger partial charge in [-0.15, -0.1) is 0 Å². The molecule has 23 heavy (non-hydrogen) atoms. The molecule has 8 heteroatoms. The molecule has 1 amide bonds. The summed E-state index contributed by atoms with van der Waals surface area (Å²) in [5.41, 5.74) is 0.0968. The van der Waals surface area contributed by atoms with Crippen LogP contribution in [0.5, 0.6) is 0 Å². The monoisotopic (exact) mass is 336 g/mol. The van der Waals surface area contributed by atoms with E-state index in [0.29, 0.717) is 0 Å². The van der Waals surface area contributed by atoms with Gasteiger partial charge in [0.15, 0.2) is 0 Å². The van der Waals surface area contributed by atoms with Crippen molar-refractivity contribution in [2.75, 3.05) is 5.32 Å². The number of nitrogens with one attached hydrogen (secondary N) is 1. The first-order valence-electron chi connectivity index (χ1n) is 6.29. The zero-order chi connectivity index (χ0) is 17.0. The summed E-state index contributed by atoms with van der Waals surface area (Å²) in [5.74, 6) is -4.30. The third-order valence-corrected chi connectivity index (χ3v) is 4.37. The van der Waals surface area contributed by atoms with Crippen LogP contribution in [0.1, 0.15) is 15.9 Å². The average Bonchev–Trinajstić information content (AvgIpc) is 2.55. The van der Waals surface area contributed by atoms with Crippen LogP contribution >= 0.6 is 0 Å². The van der Waals surface area contributed by atoms with Crippen LogP contribution in [-0.2, 0) is 9.84 Å². The van der Waals surface area contributed by atoms with E-state index in [2.05, 4.69) is 5.32 Å². The van der Waals surface area contributed by atoms with Crippen LogP contribution in [0, 0.1) is 11.3 Å². The Bertz CT molecular complexity index is 890. The predicted octanol–water partition coefficient (Wildman–Crippen LogP) is 2.81. The number of alkyl halides is 2. The summed E-state index contributed by atoms with van der Waals surface area (Å²) in [6.07, 6.45) is 0. The van der Waals surface area contributed by atoms with E-state index in [4.69, 9.17) is 5.26 Å². The van der Waals surface area contributed by atoms with E-state index in [1.54, 1.807) is 0 Å². The molecule has 0 spiro atoms. The molecule has 0 heterocycles. The zero-order valence-electron chi connectivity index (χ0n) is 11.5. The van der Waals surface area contributed by atoms with Gasteiger partial charge < -0.3 is 5.32 Å². The van der Waals surface area contributed by atoms with Crippen molar-refractivity contribution >= 4 is 21.4 Å². The molecule has 0 unspecified atom stereocenters. The molecule has 2 aromatic carbocycles. The molecule has 0 aliphatic carbocycles. The van der Waals surface area contributed by atoms with Gasteiger partial charge in [-0.25, -0.2) is 8.42 Å². The topological polar surface area (TPSA) is 87.0 Å². The van der Waals surface area contributed by atoms with Gasteiger partial charge >= 0.3 is 5.76 Å². The van der Waals surface area contributed by atoms with E-state index in [9.17, 15) is 22.0 Å². The van der Waals surface area contributed by atoms with Crippen molar-refractivity contribution in [2.24, 2.45) is 0 Å². The number of carbonyl (C=O) groups excluding carboxylic acids is 1. The number of amides is 1. The number of nitrogens with zero attached hydrogens (tertiary/aromatic N) is 1. The van der Waals surface area contributed by atoms with Gasteiger partial charge in [0, 0.05) is 5.56 Å². The molecule has 0 bridgehead atoms. The van der Waals surface area contributed by atoms with Crippen molar-refractivity contribution in [2.45, 2.75) is 10.7 Å². The maximum atomic E-state index is 12.7. The van der Waals surface area contributed by atoms with Gasteiger partial charge in [-0.1, -0.05) is 18.2 Å². The number of para-hydroxylation sites is 1. The number of hydrogen-bond donors (Lipinski definition) is 1. The molecule has 0 aliphatic heterocycles. The Labute approximate surface area is 131 Å². The Morgan fingerprint density at radius 1 is 1.13 bits per heavy atom. The lowest BCUT2D eigenvalue weighted by atomic mass is 10.1. The summed E-state index contributed by atoms with van der Waals surface area (Å²) in [6, 6.07) is 12.4. The van der Waals surface area contributed by atoms with Crippen molar-refractivity contribution in [1.29, 1.82) is 5.26 Å². The number of nitriles is 1. The average molecular weight is 336 g/mol. The summed E-state index contributed by atoms with van der Waals surface area (Å²) in [4.78, 5) is 11.5. The van der Waals surface area contributed by atoms with Crippen LogP contribution < -0.4 is 5.32 Å². The summed E-state index contributed by atoms with van der Waals surface area (Å²) in [7, 11) is -4.85. The molecule has 0 aliphatic rings. The van der Waals surface area contributed by atoms with Crippen LogP contribution in [0.15, 0.2) is 53.4 Å². The van der Waals surface area contributed by atoms with E-state index in [1.165, 1.54) is 42.5 Å². The molecule has 5 nitrogen and oxygen atoms in total. The van der Waals surface area contributed by atoms with Gasteiger partial charge in [-0.3, -0.25) is 4.79 Å². The second-order valence-corrected chi connectivity index (χ2v) is 6.33. The van der Waals surface area contributed by atoms with Crippen molar-refractivity contribution < 1.29 is 22.0 Å². The minimum atomic E-state index is -4.85. The quantitative estimate of drug-likeness (QED) is 0.930. The van der Waals surface area contributed by atoms with Crippen molar-refractivity contribution in [3.8, 4) is 6.07 Å². The summed E-state index contributed by atoms with van der Waals surface area (Å²) < 4.78 is 48.7. The van der Waals surface area contributed by atoms with Crippen molar-refractivity contribution in [1.82, 2.24) is 0 Å². The molecule has 0 saturated heterocycles. The molecule has 0 aromatic heterocycles. The Balaban J connectivity index is 2.38. The van der Waals surface area contributed by atoms with Gasteiger partial charge in [0.05, 0.1) is 22.2 Å². The zero-order valence-corrected chi connectivity index (χ0v) is 12.3. The number of benzene rings is 2. The second kappa shape index (κ2) is 6.54. The van der Waals surface area contributed by atoms with Crippen molar-refractivity contribution in [3.63, 3.8) is 0 Å². The number of hydrogen-bond acceptors (Lipinski definition) is 4. The summed E-state index contributed by atoms with van der Waals surface area (Å²) >= 11 is 0. The lowest BCUT2D eigenvalue weighted by Crippen LogP contribution is -2.17. The second-order valence-electron chi connectivity index (χ2n) is 4.45. The molecule has 2 aromatic rings. The summed E-state index contributed by atoms with van der Waals surface area (Å²) in [6.45, 7) is 0. The number of halogens is 2. The molecule has 2 rings (SSSR count). The molecule has 0 fully saturated rings. The minimum absolute atomic E-state index is 0.105. The third kappa shape index (κ3) is 3.52. The fourth-order valence-electron chi connectivity index (χ4n) is 1.84. The lowest BCUT2D eigenvalue weighted by molar-refractivity contribution is 0.102. The first-order valence-corrected chi connectivity index (χ1v) is 7.83. The first kappa shape index (κ1) is 16.6. The maximum absolute atomic E-state index is 12.7. The highest BCUT2D eigenvalue weighted by molar-refractivity contribution is 7.91. The minimum Gasteiger partial charge on any atom is -0.321 e. The largest absolute Gasteiger partial charge is 0.341 e. The Hall–Kier alpha value is -2.79. The van der Waals surface area contributed by atoms with Gasteiger partial charge in [0.2, 0.25) is 9.84 Å². The maximum Gasteiger partial charge on any atom is 0.341 e. The van der Waals surface area contributed by atoms with Crippen LogP contribution in [0.3, 0.4) is 0 Å². The Morgan fingerprint density at radius 3 is 2.48 bits per heavy atom. The van der Waals surface area contributed by atoms with E-state index in [-0.39, 0.29) is 16.8 Å². The molecule has 118 valence electrons. The van der Waals surface area contributed by atoms with Crippen LogP contribution in [0.2, 0.25) is 0 Å². The molecule has 0 atom stereocenters. The molecular weight excluding hydrogens is 326 g/mol. The smallest absolute Gasteiger partial charge is 0.321 e. The molecular formula is C15H10F2N2O3S. The number of anilines is 1. The highest BCUT2D eigenvalue weighted by Crippen LogP contribution is 2.26. The van der Waals surface area contributed by atoms with Gasteiger partial charge in [-0.05, 0) is 30.3 Å². The SMILES string of the molecule is N#Cc1cccc(C(=O)Nc2ccccc2S(=O)(=O)C(F)F)c1. The van der Waals surface area contributed by atoms with Crippen LogP contribution in [-0.4, -0.2) is 20.1 Å². The molecule has 1 N–H and O–H groups in total. The normalized spacial score (nSPS) is 11.0. The fraction of sp³-hybridized carbons (Fsp3) is 0.0667. The highest BCUT2D eigenvalue weighted by atomic mass is 32.2. The Kier molecular flexibility index (Phi) is 4.71. The Morgan fingerprint density at radius 2 is 1.83 bits per heavy atom. The number of rotatable bonds is 4. The van der Waals surface area contributed by atoms with E-state index < -0.39 is 26.4 Å². The first-order chi connectivity index (χ1) is 10.9. The van der Waals surface area contributed by atoms with E-state index in [0.717, 1.165) is 6.07 Å². The molecule has 0 saturated carbocycles. The number of sulfone groups is 1. The standard InChI is InChI=1S/C15H10F2N2O3S/c16-15(17)23(21,22)13-7-2-1-6-12(13)19-14(20)11-5-3-4-10(8-11)9-18/h1-8,15H,(H,19,20). The molecule has 0 radical (unpaired) electrons. The van der Waals surface area contributed by atoms with Crippen LogP contribution in [0.25, 0.3) is 0 Å². The van der Waals surface area contributed by atoms with Crippen molar-refractivity contribution in [3.05, 3.63) is 59.7 Å². The lowest BCUT2D eigenvalue weighted by Gasteiger charge is -2.11. The fourth-order valence-corrected chi connectivity index (χ4v) is 2.72. The number of carbonyl (C=O) groups is 1. The van der Waals surface area contributed by atoms with Gasteiger partial charge in [0.1, 0.15) is 0 Å². The van der Waals surface area contributed by atoms with Crippen LogP contribution in [0.4, 0.5) is 14.5 Å². The highest BCUT2D eigenvalue weighted by Gasteiger charge is 2.29. The third-order valence-electron chi connectivity index (χ3n) is 2.93. The van der Waals surface area contributed by atoms with E-state index >= 15 is 0 Å². The summed E-state index contributed by atoms with van der Waals surface area (Å²) in [5, 5.41) is 11.1. The van der Waals surface area contributed by atoms with E-state index in [1.807, 2.05) is 6.07 Å². The van der Waals surface area contributed by atoms with Gasteiger partial charge in [0.25, 0.3) is 5.91 Å². The predicted molar refractivity (Wildman–Crippen MR) is 78.7 cm³/mol. The van der Waals surface area contributed by atoms with Gasteiger partial charge in [-0.2, -0.15) is 14.0 Å².